The molecular formula is C9H11BrFNO2. The van der Waals surface area contributed by atoms with Gasteiger partial charge in [0.1, 0.15) is 11.6 Å². The first-order valence-electron chi connectivity index (χ1n) is 4.01. The van der Waals surface area contributed by atoms with Gasteiger partial charge in [-0.2, -0.15) is 0 Å². The summed E-state index contributed by atoms with van der Waals surface area (Å²) in [7, 11) is 1.47. The molecule has 78 valence electrons. The highest BCUT2D eigenvalue weighted by atomic mass is 79.9. The molecule has 1 unspecified atom stereocenters. The lowest BCUT2D eigenvalue weighted by Gasteiger charge is -2.12. The number of benzene rings is 1. The number of halogens is 2. The SMILES string of the molecule is COc1cc(C(O)CN)c(F)cc1Br. The first-order chi connectivity index (χ1) is 6.60. The van der Waals surface area contributed by atoms with E-state index in [4.69, 9.17) is 10.5 Å². The molecule has 0 radical (unpaired) electrons. The van der Waals surface area contributed by atoms with Crippen LogP contribution in [0.2, 0.25) is 0 Å². The normalized spacial score (nSPS) is 12.6. The van der Waals surface area contributed by atoms with Crippen molar-refractivity contribution in [3.8, 4) is 5.75 Å². The largest absolute Gasteiger partial charge is 0.496 e. The van der Waals surface area contributed by atoms with Crippen molar-refractivity contribution in [1.82, 2.24) is 0 Å². The Morgan fingerprint density at radius 3 is 2.79 bits per heavy atom. The predicted octanol–water partition coefficient (Wildman–Crippen LogP) is 1.59. The lowest BCUT2D eigenvalue weighted by molar-refractivity contribution is 0.181. The lowest BCUT2D eigenvalue weighted by Crippen LogP contribution is -2.13. The van der Waals surface area contributed by atoms with E-state index in [2.05, 4.69) is 15.9 Å². The van der Waals surface area contributed by atoms with Gasteiger partial charge in [-0.3, -0.25) is 0 Å². The van der Waals surface area contributed by atoms with Gasteiger partial charge in [0.15, 0.2) is 0 Å². The Morgan fingerprint density at radius 1 is 1.64 bits per heavy atom. The van der Waals surface area contributed by atoms with Gasteiger partial charge in [-0.15, -0.1) is 0 Å². The van der Waals surface area contributed by atoms with Crippen LogP contribution in [0.25, 0.3) is 0 Å². The number of hydrogen-bond donors (Lipinski definition) is 2. The number of ether oxygens (including phenoxy) is 1. The second-order valence-electron chi connectivity index (χ2n) is 2.76. The van der Waals surface area contributed by atoms with E-state index in [1.807, 2.05) is 0 Å². The van der Waals surface area contributed by atoms with Gasteiger partial charge in [-0.1, -0.05) is 0 Å². The topological polar surface area (TPSA) is 55.5 Å². The van der Waals surface area contributed by atoms with Gasteiger partial charge in [0, 0.05) is 12.1 Å². The molecule has 0 saturated heterocycles. The Balaban J connectivity index is 3.17. The first-order valence-corrected chi connectivity index (χ1v) is 4.80. The Kier molecular flexibility index (Phi) is 3.86. The number of nitrogens with two attached hydrogens (primary N) is 1. The Labute approximate surface area is 89.8 Å². The van der Waals surface area contributed by atoms with Crippen LogP contribution in [0.4, 0.5) is 4.39 Å². The maximum atomic E-state index is 13.3. The average Bonchev–Trinajstić information content (AvgIpc) is 2.17. The van der Waals surface area contributed by atoms with Gasteiger partial charge < -0.3 is 15.6 Å². The monoisotopic (exact) mass is 263 g/mol. The van der Waals surface area contributed by atoms with Crippen LogP contribution in [0.5, 0.6) is 5.75 Å². The molecule has 3 N–H and O–H groups in total. The van der Waals surface area contributed by atoms with Gasteiger partial charge in [-0.25, -0.2) is 4.39 Å². The number of rotatable bonds is 3. The molecule has 1 aromatic rings. The summed E-state index contributed by atoms with van der Waals surface area (Å²) < 4.78 is 18.8. The van der Waals surface area contributed by atoms with E-state index < -0.39 is 11.9 Å². The first kappa shape index (κ1) is 11.4. The number of hydrogen-bond acceptors (Lipinski definition) is 3. The second kappa shape index (κ2) is 4.72. The molecule has 0 spiro atoms. The van der Waals surface area contributed by atoms with Crippen molar-refractivity contribution >= 4 is 15.9 Å². The minimum atomic E-state index is -1.00. The predicted molar refractivity (Wildman–Crippen MR) is 54.7 cm³/mol. The Morgan fingerprint density at radius 2 is 2.29 bits per heavy atom. The summed E-state index contributed by atoms with van der Waals surface area (Å²) in [6.45, 7) is -0.0261. The molecule has 0 amide bonds. The molecule has 1 aromatic carbocycles. The van der Waals surface area contributed by atoms with Gasteiger partial charge in [0.2, 0.25) is 0 Å². The zero-order chi connectivity index (χ0) is 10.7. The Bertz CT molecular complexity index is 333. The highest BCUT2D eigenvalue weighted by Crippen LogP contribution is 2.30. The van der Waals surface area contributed by atoms with E-state index in [9.17, 15) is 9.50 Å². The molecule has 3 nitrogen and oxygen atoms in total. The van der Waals surface area contributed by atoms with Crippen molar-refractivity contribution in [2.24, 2.45) is 5.73 Å². The van der Waals surface area contributed by atoms with Crippen LogP contribution in [0.1, 0.15) is 11.7 Å². The quantitative estimate of drug-likeness (QED) is 0.871. The number of aliphatic hydroxyl groups excluding tert-OH is 1. The summed E-state index contributed by atoms with van der Waals surface area (Å²) in [5, 5.41) is 9.39. The van der Waals surface area contributed by atoms with Crippen LogP contribution in [0.3, 0.4) is 0 Å². The maximum Gasteiger partial charge on any atom is 0.133 e. The van der Waals surface area contributed by atoms with Crippen LogP contribution >= 0.6 is 15.9 Å². The summed E-state index contributed by atoms with van der Waals surface area (Å²) in [5.74, 6) is -0.0375. The molecule has 0 heterocycles. The second-order valence-corrected chi connectivity index (χ2v) is 3.61. The van der Waals surface area contributed by atoms with Gasteiger partial charge in [-0.05, 0) is 28.1 Å². The zero-order valence-corrected chi connectivity index (χ0v) is 9.21. The van der Waals surface area contributed by atoms with Gasteiger partial charge >= 0.3 is 0 Å². The lowest BCUT2D eigenvalue weighted by atomic mass is 10.1. The average molecular weight is 264 g/mol. The summed E-state index contributed by atoms with van der Waals surface area (Å²) in [4.78, 5) is 0. The van der Waals surface area contributed by atoms with E-state index in [-0.39, 0.29) is 12.1 Å². The van der Waals surface area contributed by atoms with Crippen molar-refractivity contribution < 1.29 is 14.2 Å². The molecule has 0 bridgehead atoms. The molecule has 0 aliphatic carbocycles. The van der Waals surface area contributed by atoms with Gasteiger partial charge in [0.25, 0.3) is 0 Å². The third-order valence-corrected chi connectivity index (χ3v) is 2.47. The molecule has 0 saturated carbocycles. The molecule has 1 rings (SSSR count). The molecule has 0 aliphatic rings. The minimum absolute atomic E-state index is 0.0261. The zero-order valence-electron chi connectivity index (χ0n) is 7.63. The van der Waals surface area contributed by atoms with E-state index in [0.717, 1.165) is 0 Å². The molecule has 0 aliphatic heterocycles. The molecule has 5 heteroatoms. The fourth-order valence-electron chi connectivity index (χ4n) is 1.08. The fraction of sp³-hybridized carbons (Fsp3) is 0.333. The van der Waals surface area contributed by atoms with Crippen molar-refractivity contribution in [3.05, 3.63) is 28.0 Å². The van der Waals surface area contributed by atoms with Crippen LogP contribution < -0.4 is 10.5 Å². The summed E-state index contributed by atoms with van der Waals surface area (Å²) in [6, 6.07) is 2.67. The highest BCUT2D eigenvalue weighted by molar-refractivity contribution is 9.10. The van der Waals surface area contributed by atoms with E-state index in [0.29, 0.717) is 10.2 Å². The van der Waals surface area contributed by atoms with Crippen molar-refractivity contribution in [2.75, 3.05) is 13.7 Å². The summed E-state index contributed by atoms with van der Waals surface area (Å²) >= 11 is 3.13. The molecular weight excluding hydrogens is 253 g/mol. The maximum absolute atomic E-state index is 13.3. The van der Waals surface area contributed by atoms with Crippen molar-refractivity contribution in [2.45, 2.75) is 6.10 Å². The summed E-state index contributed by atoms with van der Waals surface area (Å²) in [5.41, 5.74) is 5.38. The van der Waals surface area contributed by atoms with Crippen molar-refractivity contribution in [1.29, 1.82) is 0 Å². The third-order valence-electron chi connectivity index (χ3n) is 1.85. The van der Waals surface area contributed by atoms with Gasteiger partial charge in [0.05, 0.1) is 17.7 Å². The van der Waals surface area contributed by atoms with Crippen molar-refractivity contribution in [3.63, 3.8) is 0 Å². The molecule has 0 fully saturated rings. The standard InChI is InChI=1S/C9H11BrFNO2/c1-14-9-2-5(8(13)4-12)7(11)3-6(9)10/h2-3,8,13H,4,12H2,1H3. The highest BCUT2D eigenvalue weighted by Gasteiger charge is 2.14. The third kappa shape index (κ3) is 2.23. The fourth-order valence-corrected chi connectivity index (χ4v) is 1.56. The number of aliphatic hydroxyl groups is 1. The van der Waals surface area contributed by atoms with Crippen LogP contribution in [-0.2, 0) is 0 Å². The number of methoxy groups -OCH3 is 1. The van der Waals surface area contributed by atoms with Crippen LogP contribution in [-0.4, -0.2) is 18.8 Å². The van der Waals surface area contributed by atoms with E-state index >= 15 is 0 Å². The molecule has 0 aromatic heterocycles. The molecule has 1 atom stereocenters. The van der Waals surface area contributed by atoms with E-state index in [1.165, 1.54) is 19.2 Å². The Hall–Kier alpha value is -0.650. The smallest absolute Gasteiger partial charge is 0.133 e. The molecule has 14 heavy (non-hydrogen) atoms. The summed E-state index contributed by atoms with van der Waals surface area (Å²) in [6.07, 6.45) is -1.00. The van der Waals surface area contributed by atoms with Crippen LogP contribution in [0, 0.1) is 5.82 Å². The minimum Gasteiger partial charge on any atom is -0.496 e. The van der Waals surface area contributed by atoms with Crippen LogP contribution in [0.15, 0.2) is 16.6 Å². The van der Waals surface area contributed by atoms with E-state index in [1.54, 1.807) is 0 Å².